The van der Waals surface area contributed by atoms with Gasteiger partial charge in [-0.15, -0.1) is 0 Å². The molecule has 19 heavy (non-hydrogen) atoms. The zero-order valence-electron chi connectivity index (χ0n) is 10.5. The number of carbonyl (C=O) groups is 1. The maximum absolute atomic E-state index is 11.9. The molecular weight excluding hydrogens is 262 g/mol. The highest BCUT2D eigenvalue weighted by molar-refractivity contribution is 7.17. The molecule has 4 N–H and O–H groups in total. The van der Waals surface area contributed by atoms with Crippen LogP contribution >= 0.6 is 11.3 Å². The zero-order valence-corrected chi connectivity index (χ0v) is 11.3. The number of thiazole rings is 1. The Morgan fingerprint density at radius 2 is 2.11 bits per heavy atom. The molecule has 1 aromatic carbocycles. The summed E-state index contributed by atoms with van der Waals surface area (Å²) in [5, 5.41) is 12.4. The number of benzene rings is 1. The first-order valence-electron chi connectivity index (χ1n) is 5.85. The Morgan fingerprint density at radius 3 is 2.68 bits per heavy atom. The molecule has 100 valence electrons. The first kappa shape index (κ1) is 13.4. The maximum Gasteiger partial charge on any atom is 0.263 e. The molecule has 2 aromatic rings. The van der Waals surface area contributed by atoms with Gasteiger partial charge in [-0.1, -0.05) is 23.5 Å². The molecule has 0 aliphatic heterocycles. The van der Waals surface area contributed by atoms with Crippen LogP contribution in [-0.2, 0) is 6.42 Å². The largest absolute Gasteiger partial charge is 0.508 e. The van der Waals surface area contributed by atoms with E-state index in [9.17, 15) is 4.79 Å². The van der Waals surface area contributed by atoms with Gasteiger partial charge in [0.1, 0.15) is 10.6 Å². The molecular formula is C13H15N3O2S. The van der Waals surface area contributed by atoms with Crippen molar-refractivity contribution >= 4 is 22.4 Å². The lowest BCUT2D eigenvalue weighted by Gasteiger charge is -2.04. The lowest BCUT2D eigenvalue weighted by atomic mass is 10.1. The zero-order chi connectivity index (χ0) is 13.8. The maximum atomic E-state index is 11.9. The number of phenolic OH excluding ortho intramolecular Hbond substituents is 1. The molecule has 0 aliphatic carbocycles. The number of nitrogen functional groups attached to an aromatic ring is 1. The van der Waals surface area contributed by atoms with Gasteiger partial charge in [0.25, 0.3) is 5.91 Å². The Bertz CT molecular complexity index is 578. The fourth-order valence-corrected chi connectivity index (χ4v) is 2.44. The SMILES string of the molecule is Cc1nc(N)sc1C(=O)NCCc1ccc(O)cc1. The molecule has 1 amide bonds. The van der Waals surface area contributed by atoms with Gasteiger partial charge >= 0.3 is 0 Å². The second-order valence-electron chi connectivity index (χ2n) is 4.14. The van der Waals surface area contributed by atoms with Crippen LogP contribution in [0.25, 0.3) is 0 Å². The second kappa shape index (κ2) is 5.71. The van der Waals surface area contributed by atoms with E-state index in [2.05, 4.69) is 10.3 Å². The summed E-state index contributed by atoms with van der Waals surface area (Å²) < 4.78 is 0. The van der Waals surface area contributed by atoms with Crippen molar-refractivity contribution in [2.75, 3.05) is 12.3 Å². The molecule has 0 spiro atoms. The van der Waals surface area contributed by atoms with Crippen molar-refractivity contribution in [3.63, 3.8) is 0 Å². The lowest BCUT2D eigenvalue weighted by molar-refractivity contribution is 0.0957. The van der Waals surface area contributed by atoms with Crippen molar-refractivity contribution in [3.05, 3.63) is 40.4 Å². The lowest BCUT2D eigenvalue weighted by Crippen LogP contribution is -2.25. The van der Waals surface area contributed by atoms with Crippen molar-refractivity contribution in [3.8, 4) is 5.75 Å². The summed E-state index contributed by atoms with van der Waals surface area (Å²) in [7, 11) is 0. The van der Waals surface area contributed by atoms with Crippen molar-refractivity contribution in [1.29, 1.82) is 0 Å². The van der Waals surface area contributed by atoms with Crippen LogP contribution in [-0.4, -0.2) is 22.5 Å². The number of hydrogen-bond acceptors (Lipinski definition) is 5. The molecule has 5 nitrogen and oxygen atoms in total. The Kier molecular flexibility index (Phi) is 4.01. The van der Waals surface area contributed by atoms with Gasteiger partial charge in [0.05, 0.1) is 5.69 Å². The number of nitrogens with two attached hydrogens (primary N) is 1. The number of amides is 1. The van der Waals surface area contributed by atoms with Gasteiger partial charge < -0.3 is 16.2 Å². The topological polar surface area (TPSA) is 88.2 Å². The summed E-state index contributed by atoms with van der Waals surface area (Å²) in [6.07, 6.45) is 0.708. The molecule has 0 aliphatic rings. The minimum absolute atomic E-state index is 0.148. The van der Waals surface area contributed by atoms with Crippen molar-refractivity contribution in [1.82, 2.24) is 10.3 Å². The number of aromatic nitrogens is 1. The molecule has 1 heterocycles. The highest BCUT2D eigenvalue weighted by Gasteiger charge is 2.13. The second-order valence-corrected chi connectivity index (χ2v) is 5.17. The third-order valence-electron chi connectivity index (χ3n) is 2.65. The van der Waals surface area contributed by atoms with E-state index in [0.717, 1.165) is 5.56 Å². The number of phenols is 1. The third kappa shape index (κ3) is 3.45. The van der Waals surface area contributed by atoms with Gasteiger partial charge in [0, 0.05) is 6.54 Å². The van der Waals surface area contributed by atoms with E-state index < -0.39 is 0 Å². The first-order valence-corrected chi connectivity index (χ1v) is 6.67. The van der Waals surface area contributed by atoms with Crippen LogP contribution < -0.4 is 11.1 Å². The van der Waals surface area contributed by atoms with Gasteiger partial charge in [-0.2, -0.15) is 0 Å². The number of aromatic hydroxyl groups is 1. The molecule has 0 saturated heterocycles. The van der Waals surface area contributed by atoms with Gasteiger partial charge in [0.2, 0.25) is 0 Å². The number of aryl methyl sites for hydroxylation is 1. The number of nitrogens with zero attached hydrogens (tertiary/aromatic N) is 1. The fourth-order valence-electron chi connectivity index (χ4n) is 1.69. The van der Waals surface area contributed by atoms with E-state index >= 15 is 0 Å². The van der Waals surface area contributed by atoms with E-state index in [4.69, 9.17) is 10.8 Å². The van der Waals surface area contributed by atoms with Crippen LogP contribution in [0, 0.1) is 6.92 Å². The fraction of sp³-hybridized carbons (Fsp3) is 0.231. The monoisotopic (exact) mass is 277 g/mol. The standard InChI is InChI=1S/C13H15N3O2S/c1-8-11(19-13(14)16-8)12(18)15-7-6-9-2-4-10(17)5-3-9/h2-5,17H,6-7H2,1H3,(H2,14,16)(H,15,18). The van der Waals surface area contributed by atoms with Gasteiger partial charge in [-0.3, -0.25) is 4.79 Å². The molecule has 2 rings (SSSR count). The van der Waals surface area contributed by atoms with E-state index in [1.165, 1.54) is 11.3 Å². The van der Waals surface area contributed by atoms with Gasteiger partial charge in [0.15, 0.2) is 5.13 Å². The number of hydrogen-bond donors (Lipinski definition) is 3. The van der Waals surface area contributed by atoms with E-state index in [1.54, 1.807) is 19.1 Å². The highest BCUT2D eigenvalue weighted by atomic mass is 32.1. The van der Waals surface area contributed by atoms with Gasteiger partial charge in [-0.25, -0.2) is 4.98 Å². The van der Waals surface area contributed by atoms with E-state index in [1.807, 2.05) is 12.1 Å². The highest BCUT2D eigenvalue weighted by Crippen LogP contribution is 2.19. The summed E-state index contributed by atoms with van der Waals surface area (Å²) in [6.45, 7) is 2.29. The van der Waals surface area contributed by atoms with E-state index in [0.29, 0.717) is 28.7 Å². The average Bonchev–Trinajstić information content (AvgIpc) is 2.71. The molecule has 0 fully saturated rings. The van der Waals surface area contributed by atoms with Crippen LogP contribution in [0.3, 0.4) is 0 Å². The molecule has 6 heteroatoms. The van der Waals surface area contributed by atoms with Crippen LogP contribution in [0.5, 0.6) is 5.75 Å². The van der Waals surface area contributed by atoms with Gasteiger partial charge in [-0.05, 0) is 31.0 Å². The van der Waals surface area contributed by atoms with Crippen LogP contribution in [0.15, 0.2) is 24.3 Å². The van der Waals surface area contributed by atoms with Crippen LogP contribution in [0.2, 0.25) is 0 Å². The van der Waals surface area contributed by atoms with Crippen molar-refractivity contribution < 1.29 is 9.90 Å². The van der Waals surface area contributed by atoms with Crippen molar-refractivity contribution in [2.45, 2.75) is 13.3 Å². The molecule has 0 unspecified atom stereocenters. The Balaban J connectivity index is 1.87. The minimum Gasteiger partial charge on any atom is -0.508 e. The number of rotatable bonds is 4. The molecule has 0 atom stereocenters. The first-order chi connectivity index (χ1) is 9.06. The summed E-state index contributed by atoms with van der Waals surface area (Å²) in [6, 6.07) is 6.92. The molecule has 0 saturated carbocycles. The minimum atomic E-state index is -0.148. The Hall–Kier alpha value is -2.08. The average molecular weight is 277 g/mol. The Labute approximate surface area is 115 Å². The van der Waals surface area contributed by atoms with Crippen LogP contribution in [0.1, 0.15) is 20.9 Å². The summed E-state index contributed by atoms with van der Waals surface area (Å²) in [4.78, 5) is 16.5. The quantitative estimate of drug-likeness (QED) is 0.794. The number of carbonyl (C=O) groups excluding carboxylic acids is 1. The van der Waals surface area contributed by atoms with Crippen molar-refractivity contribution in [2.24, 2.45) is 0 Å². The molecule has 0 bridgehead atoms. The third-order valence-corrected chi connectivity index (χ3v) is 3.64. The summed E-state index contributed by atoms with van der Waals surface area (Å²) in [5.41, 5.74) is 7.27. The normalized spacial score (nSPS) is 10.4. The molecule has 1 aromatic heterocycles. The Morgan fingerprint density at radius 1 is 1.42 bits per heavy atom. The number of anilines is 1. The predicted octanol–water partition coefficient (Wildman–Crippen LogP) is 1.71. The molecule has 0 radical (unpaired) electrons. The van der Waals surface area contributed by atoms with Crippen LogP contribution in [0.4, 0.5) is 5.13 Å². The van der Waals surface area contributed by atoms with E-state index in [-0.39, 0.29) is 11.7 Å². The number of nitrogens with one attached hydrogen (secondary N) is 1. The summed E-state index contributed by atoms with van der Waals surface area (Å²) in [5.74, 6) is 0.0917. The predicted molar refractivity (Wildman–Crippen MR) is 75.4 cm³/mol. The summed E-state index contributed by atoms with van der Waals surface area (Å²) >= 11 is 1.19. The smallest absolute Gasteiger partial charge is 0.263 e.